The molecule has 19 heavy (non-hydrogen) atoms. The van der Waals surface area contributed by atoms with Crippen molar-refractivity contribution in [1.29, 1.82) is 0 Å². The van der Waals surface area contributed by atoms with Crippen molar-refractivity contribution < 1.29 is 4.39 Å². The molecule has 0 aliphatic heterocycles. The first-order chi connectivity index (χ1) is 9.22. The molecule has 0 unspecified atom stereocenters. The van der Waals surface area contributed by atoms with Crippen molar-refractivity contribution in [3.8, 4) is 0 Å². The number of hydrogen-bond acceptors (Lipinski definition) is 4. The SMILES string of the molecule is Cc1cc2c(NCc3cccc(F)c3)ncnc2s1. The predicted molar refractivity (Wildman–Crippen MR) is 75.9 cm³/mol. The lowest BCUT2D eigenvalue weighted by molar-refractivity contribution is 0.626. The number of fused-ring (bicyclic) bond motifs is 1. The Morgan fingerprint density at radius 1 is 1.26 bits per heavy atom. The minimum Gasteiger partial charge on any atom is -0.365 e. The molecule has 5 heteroatoms. The van der Waals surface area contributed by atoms with E-state index in [1.165, 1.54) is 17.0 Å². The van der Waals surface area contributed by atoms with E-state index in [4.69, 9.17) is 0 Å². The number of hydrogen-bond donors (Lipinski definition) is 1. The smallest absolute Gasteiger partial charge is 0.138 e. The fourth-order valence-corrected chi connectivity index (χ4v) is 2.80. The van der Waals surface area contributed by atoms with Crippen LogP contribution in [0.25, 0.3) is 10.2 Å². The van der Waals surface area contributed by atoms with Gasteiger partial charge in [0.05, 0.1) is 5.39 Å². The van der Waals surface area contributed by atoms with Crippen LogP contribution in [0.15, 0.2) is 36.7 Å². The van der Waals surface area contributed by atoms with E-state index in [1.54, 1.807) is 23.7 Å². The Hall–Kier alpha value is -2.01. The first-order valence-corrected chi connectivity index (χ1v) is 6.73. The van der Waals surface area contributed by atoms with E-state index in [2.05, 4.69) is 21.4 Å². The van der Waals surface area contributed by atoms with Crippen LogP contribution in [0.5, 0.6) is 0 Å². The molecule has 1 N–H and O–H groups in total. The van der Waals surface area contributed by atoms with E-state index >= 15 is 0 Å². The van der Waals surface area contributed by atoms with Crippen molar-refractivity contribution >= 4 is 27.4 Å². The van der Waals surface area contributed by atoms with Gasteiger partial charge in [-0.2, -0.15) is 0 Å². The monoisotopic (exact) mass is 273 g/mol. The highest BCUT2D eigenvalue weighted by Gasteiger charge is 2.06. The normalized spacial score (nSPS) is 10.8. The van der Waals surface area contributed by atoms with Gasteiger partial charge >= 0.3 is 0 Å². The number of halogens is 1. The Morgan fingerprint density at radius 3 is 3.00 bits per heavy atom. The van der Waals surface area contributed by atoms with Gasteiger partial charge in [-0.1, -0.05) is 12.1 Å². The largest absolute Gasteiger partial charge is 0.365 e. The molecule has 3 rings (SSSR count). The molecular formula is C14H12FN3S. The highest BCUT2D eigenvalue weighted by atomic mass is 32.1. The summed E-state index contributed by atoms with van der Waals surface area (Å²) in [4.78, 5) is 10.7. The average molecular weight is 273 g/mol. The lowest BCUT2D eigenvalue weighted by Gasteiger charge is -2.06. The maximum Gasteiger partial charge on any atom is 0.138 e. The summed E-state index contributed by atoms with van der Waals surface area (Å²) in [5, 5.41) is 4.25. The third-order valence-corrected chi connectivity index (χ3v) is 3.76. The van der Waals surface area contributed by atoms with E-state index in [1.807, 2.05) is 13.0 Å². The number of anilines is 1. The molecule has 0 saturated heterocycles. The molecule has 3 aromatic rings. The number of rotatable bonds is 3. The Bertz CT molecular complexity index is 724. The van der Waals surface area contributed by atoms with Crippen molar-refractivity contribution in [3.63, 3.8) is 0 Å². The maximum atomic E-state index is 13.1. The summed E-state index contributed by atoms with van der Waals surface area (Å²) in [6.45, 7) is 2.58. The molecule has 0 radical (unpaired) electrons. The molecule has 1 aromatic carbocycles. The van der Waals surface area contributed by atoms with E-state index < -0.39 is 0 Å². The second-order valence-electron chi connectivity index (χ2n) is 4.28. The van der Waals surface area contributed by atoms with Crippen LogP contribution in [0.4, 0.5) is 10.2 Å². The highest BCUT2D eigenvalue weighted by molar-refractivity contribution is 7.18. The standard InChI is InChI=1S/C14H12FN3S/c1-9-5-12-13(17-8-18-14(12)19-9)16-7-10-3-2-4-11(15)6-10/h2-6,8H,7H2,1H3,(H,16,17,18). The van der Waals surface area contributed by atoms with Gasteiger partial charge in [0, 0.05) is 11.4 Å². The lowest BCUT2D eigenvalue weighted by Crippen LogP contribution is -2.02. The molecule has 0 aliphatic carbocycles. The van der Waals surface area contributed by atoms with Crippen LogP contribution in [0, 0.1) is 12.7 Å². The number of nitrogens with zero attached hydrogens (tertiary/aromatic N) is 2. The summed E-state index contributed by atoms with van der Waals surface area (Å²) < 4.78 is 13.1. The van der Waals surface area contributed by atoms with E-state index in [0.717, 1.165) is 21.6 Å². The lowest BCUT2D eigenvalue weighted by atomic mass is 10.2. The van der Waals surface area contributed by atoms with Gasteiger partial charge in [0.25, 0.3) is 0 Å². The molecule has 0 spiro atoms. The maximum absolute atomic E-state index is 13.1. The van der Waals surface area contributed by atoms with Gasteiger partial charge in [0.1, 0.15) is 22.8 Å². The first-order valence-electron chi connectivity index (χ1n) is 5.92. The van der Waals surface area contributed by atoms with E-state index in [0.29, 0.717) is 6.54 Å². The fourth-order valence-electron chi connectivity index (χ4n) is 1.95. The molecule has 0 atom stereocenters. The predicted octanol–water partition coefficient (Wildman–Crippen LogP) is 3.75. The summed E-state index contributed by atoms with van der Waals surface area (Å²) in [6.07, 6.45) is 1.55. The molecule has 0 aliphatic rings. The summed E-state index contributed by atoms with van der Waals surface area (Å²) >= 11 is 1.64. The van der Waals surface area contributed by atoms with Crippen LogP contribution in [0.3, 0.4) is 0 Å². The van der Waals surface area contributed by atoms with Crippen LogP contribution in [-0.2, 0) is 6.54 Å². The average Bonchev–Trinajstić information content (AvgIpc) is 2.77. The summed E-state index contributed by atoms with van der Waals surface area (Å²) in [5.41, 5.74) is 0.888. The zero-order chi connectivity index (χ0) is 13.2. The van der Waals surface area contributed by atoms with Gasteiger partial charge in [-0.3, -0.25) is 0 Å². The van der Waals surface area contributed by atoms with Crippen LogP contribution >= 0.6 is 11.3 Å². The van der Waals surface area contributed by atoms with Gasteiger partial charge in [0.2, 0.25) is 0 Å². The molecule has 0 saturated carbocycles. The summed E-state index contributed by atoms with van der Waals surface area (Å²) in [7, 11) is 0. The summed E-state index contributed by atoms with van der Waals surface area (Å²) in [6, 6.07) is 8.61. The number of aromatic nitrogens is 2. The van der Waals surface area contributed by atoms with E-state index in [9.17, 15) is 4.39 Å². The van der Waals surface area contributed by atoms with Crippen LogP contribution in [0.2, 0.25) is 0 Å². The second-order valence-corrected chi connectivity index (χ2v) is 5.52. The number of thiophene rings is 1. The topological polar surface area (TPSA) is 37.8 Å². The first kappa shape index (κ1) is 12.0. The van der Waals surface area contributed by atoms with Gasteiger partial charge in [-0.25, -0.2) is 14.4 Å². The van der Waals surface area contributed by atoms with Crippen molar-refractivity contribution in [1.82, 2.24) is 9.97 Å². The molecule has 2 aromatic heterocycles. The Labute approximate surface area is 114 Å². The summed E-state index contributed by atoms with van der Waals surface area (Å²) in [5.74, 6) is 0.567. The Kier molecular flexibility index (Phi) is 3.13. The molecule has 0 amide bonds. The molecule has 3 nitrogen and oxygen atoms in total. The zero-order valence-electron chi connectivity index (χ0n) is 10.4. The second kappa shape index (κ2) is 4.93. The van der Waals surface area contributed by atoms with Gasteiger partial charge in [-0.05, 0) is 30.7 Å². The number of nitrogens with one attached hydrogen (secondary N) is 1. The fraction of sp³-hybridized carbons (Fsp3) is 0.143. The van der Waals surface area contributed by atoms with Crippen LogP contribution in [0.1, 0.15) is 10.4 Å². The molecule has 2 heterocycles. The molecule has 0 fully saturated rings. The Morgan fingerprint density at radius 2 is 2.16 bits per heavy atom. The van der Waals surface area contributed by atoms with Crippen molar-refractivity contribution in [2.24, 2.45) is 0 Å². The van der Waals surface area contributed by atoms with Crippen molar-refractivity contribution in [2.75, 3.05) is 5.32 Å². The van der Waals surface area contributed by atoms with Crippen LogP contribution in [-0.4, -0.2) is 9.97 Å². The minimum atomic E-state index is -0.224. The zero-order valence-corrected chi connectivity index (χ0v) is 11.2. The van der Waals surface area contributed by atoms with Crippen LogP contribution < -0.4 is 5.32 Å². The molecule has 0 bridgehead atoms. The van der Waals surface area contributed by atoms with Gasteiger partial charge in [-0.15, -0.1) is 11.3 Å². The third-order valence-electron chi connectivity index (χ3n) is 2.80. The Balaban J connectivity index is 1.85. The van der Waals surface area contributed by atoms with Crippen molar-refractivity contribution in [2.45, 2.75) is 13.5 Å². The van der Waals surface area contributed by atoms with Crippen molar-refractivity contribution in [3.05, 3.63) is 52.9 Å². The highest BCUT2D eigenvalue weighted by Crippen LogP contribution is 2.27. The number of benzene rings is 1. The third kappa shape index (κ3) is 2.56. The van der Waals surface area contributed by atoms with Gasteiger partial charge < -0.3 is 5.32 Å². The van der Waals surface area contributed by atoms with Gasteiger partial charge in [0.15, 0.2) is 0 Å². The quantitative estimate of drug-likeness (QED) is 0.789. The van der Waals surface area contributed by atoms with E-state index in [-0.39, 0.29) is 5.82 Å². The molecule has 96 valence electrons. The molecular weight excluding hydrogens is 261 g/mol. The number of aryl methyl sites for hydroxylation is 1. The minimum absolute atomic E-state index is 0.224.